The van der Waals surface area contributed by atoms with Crippen molar-refractivity contribution in [2.45, 2.75) is 76.7 Å². The molecule has 1 N–H and O–H groups in total. The number of hydrogen-bond acceptors (Lipinski definition) is 5. The Hall–Kier alpha value is -2.89. The second kappa shape index (κ2) is 12.2. The van der Waals surface area contributed by atoms with Crippen LogP contribution in [-0.4, -0.2) is 30.6 Å². The van der Waals surface area contributed by atoms with Gasteiger partial charge in [-0.05, 0) is 67.7 Å². The summed E-state index contributed by atoms with van der Waals surface area (Å²) < 4.78 is 10.6. The summed E-state index contributed by atoms with van der Waals surface area (Å²) in [5.41, 5.74) is 2.65. The van der Waals surface area contributed by atoms with Gasteiger partial charge in [-0.15, -0.1) is 0 Å². The van der Waals surface area contributed by atoms with E-state index in [1.165, 1.54) is 44.8 Å². The number of aromatic nitrogens is 1. The van der Waals surface area contributed by atoms with E-state index in [2.05, 4.69) is 16.4 Å². The molecule has 1 heterocycles. The van der Waals surface area contributed by atoms with E-state index >= 15 is 0 Å². The average Bonchev–Trinajstić information content (AvgIpc) is 3.40. The number of ether oxygens (including phenoxy) is 2. The van der Waals surface area contributed by atoms with E-state index in [9.17, 15) is 9.59 Å². The van der Waals surface area contributed by atoms with Crippen molar-refractivity contribution in [3.05, 3.63) is 59.3 Å². The maximum atomic E-state index is 12.9. The van der Waals surface area contributed by atoms with Gasteiger partial charge in [-0.2, -0.15) is 0 Å². The minimum atomic E-state index is -0.362. The van der Waals surface area contributed by atoms with Crippen LogP contribution in [0.25, 0.3) is 0 Å². The molecule has 1 amide bonds. The van der Waals surface area contributed by atoms with E-state index in [4.69, 9.17) is 9.47 Å². The summed E-state index contributed by atoms with van der Waals surface area (Å²) in [5.74, 6) is 1.59. The van der Waals surface area contributed by atoms with Gasteiger partial charge in [0.25, 0.3) is 0 Å². The number of benzene rings is 1. The highest BCUT2D eigenvalue weighted by Gasteiger charge is 2.31. The molecule has 0 spiro atoms. The number of nitrogens with zero attached hydrogens (tertiary/aromatic N) is 1. The van der Waals surface area contributed by atoms with Crippen LogP contribution in [0.2, 0.25) is 0 Å². The van der Waals surface area contributed by atoms with E-state index in [-0.39, 0.29) is 23.8 Å². The first-order valence-corrected chi connectivity index (χ1v) is 13.1. The molecule has 2 aliphatic rings. The maximum Gasteiger partial charge on any atom is 0.337 e. The first kappa shape index (κ1) is 25.2. The smallest absolute Gasteiger partial charge is 0.337 e. The molecule has 3 atom stereocenters. The molecule has 6 heteroatoms. The summed E-state index contributed by atoms with van der Waals surface area (Å²) in [6.07, 6.45) is 12.5. The van der Waals surface area contributed by atoms with E-state index in [1.54, 1.807) is 12.1 Å². The predicted octanol–water partition coefficient (Wildman–Crippen LogP) is 5.98. The fraction of sp³-hybridized carbons (Fsp3) is 0.552. The third-order valence-electron chi connectivity index (χ3n) is 7.73. The Labute approximate surface area is 208 Å². The zero-order chi connectivity index (χ0) is 24.6. The molecule has 0 radical (unpaired) electrons. The molecule has 0 aliphatic heterocycles. The molecular weight excluding hydrogens is 440 g/mol. The Morgan fingerprint density at radius 1 is 1.03 bits per heavy atom. The monoisotopic (exact) mass is 478 g/mol. The van der Waals surface area contributed by atoms with Crippen molar-refractivity contribution in [2.75, 3.05) is 13.7 Å². The second-order valence-corrected chi connectivity index (χ2v) is 10.1. The van der Waals surface area contributed by atoms with E-state index in [0.29, 0.717) is 17.4 Å². The molecule has 1 aromatic carbocycles. The fourth-order valence-corrected chi connectivity index (χ4v) is 5.49. The first-order valence-electron chi connectivity index (χ1n) is 13.1. The van der Waals surface area contributed by atoms with Crippen molar-refractivity contribution >= 4 is 11.9 Å². The lowest BCUT2D eigenvalue weighted by Crippen LogP contribution is -2.31. The SMILES string of the molecule is COC(=O)c1ccc(C(C)NC(=O)C2CCC(c3ccc(OCCC4CCCCC4)nc3)C2)cc1. The number of nitrogens with one attached hydrogen (secondary N) is 1. The molecular formula is C29H38N2O4. The number of amides is 1. The van der Waals surface area contributed by atoms with Crippen LogP contribution in [0.15, 0.2) is 42.6 Å². The van der Waals surface area contributed by atoms with Crippen molar-refractivity contribution in [1.82, 2.24) is 10.3 Å². The molecule has 6 nitrogen and oxygen atoms in total. The minimum Gasteiger partial charge on any atom is -0.478 e. The van der Waals surface area contributed by atoms with Gasteiger partial charge in [0.05, 0.1) is 25.3 Å². The zero-order valence-corrected chi connectivity index (χ0v) is 21.0. The number of esters is 1. The van der Waals surface area contributed by atoms with Crippen LogP contribution >= 0.6 is 0 Å². The van der Waals surface area contributed by atoms with Gasteiger partial charge < -0.3 is 14.8 Å². The number of carbonyl (C=O) groups is 2. The van der Waals surface area contributed by atoms with Gasteiger partial charge in [0.1, 0.15) is 0 Å². The van der Waals surface area contributed by atoms with Crippen molar-refractivity contribution in [3.63, 3.8) is 0 Å². The van der Waals surface area contributed by atoms with Crippen LogP contribution < -0.4 is 10.1 Å². The Bertz CT molecular complexity index is 967. The third-order valence-corrected chi connectivity index (χ3v) is 7.73. The van der Waals surface area contributed by atoms with Gasteiger partial charge in [-0.1, -0.05) is 50.3 Å². The lowest BCUT2D eigenvalue weighted by atomic mass is 9.87. The van der Waals surface area contributed by atoms with E-state index in [1.807, 2.05) is 31.3 Å². The van der Waals surface area contributed by atoms with Crippen LogP contribution in [0.4, 0.5) is 0 Å². The molecule has 35 heavy (non-hydrogen) atoms. The average molecular weight is 479 g/mol. The summed E-state index contributed by atoms with van der Waals surface area (Å²) in [7, 11) is 1.37. The molecule has 2 saturated carbocycles. The van der Waals surface area contributed by atoms with Gasteiger partial charge in [0.2, 0.25) is 11.8 Å². The van der Waals surface area contributed by atoms with Crippen molar-refractivity contribution in [3.8, 4) is 5.88 Å². The summed E-state index contributed by atoms with van der Waals surface area (Å²) in [4.78, 5) is 29.1. The summed E-state index contributed by atoms with van der Waals surface area (Å²) >= 11 is 0. The highest BCUT2D eigenvalue weighted by Crippen LogP contribution is 2.38. The van der Waals surface area contributed by atoms with Crippen LogP contribution in [0, 0.1) is 11.8 Å². The molecule has 188 valence electrons. The van der Waals surface area contributed by atoms with E-state index < -0.39 is 0 Å². The quantitative estimate of drug-likeness (QED) is 0.449. The predicted molar refractivity (Wildman–Crippen MR) is 135 cm³/mol. The fourth-order valence-electron chi connectivity index (χ4n) is 5.49. The van der Waals surface area contributed by atoms with Gasteiger partial charge in [-0.25, -0.2) is 9.78 Å². The van der Waals surface area contributed by atoms with Crippen molar-refractivity contribution < 1.29 is 19.1 Å². The lowest BCUT2D eigenvalue weighted by Gasteiger charge is -2.21. The Kier molecular flexibility index (Phi) is 8.78. The van der Waals surface area contributed by atoms with Gasteiger partial charge in [-0.3, -0.25) is 4.79 Å². The molecule has 0 bridgehead atoms. The van der Waals surface area contributed by atoms with Crippen molar-refractivity contribution in [2.24, 2.45) is 11.8 Å². The standard InChI is InChI=1S/C29H38N2O4/c1-20(22-8-10-23(11-9-22)29(33)34-2)31-28(32)25-13-12-24(18-25)26-14-15-27(30-19-26)35-17-16-21-6-4-3-5-7-21/h8-11,14-15,19-21,24-25H,3-7,12-13,16-18H2,1-2H3,(H,31,32). The van der Waals surface area contributed by atoms with Crippen LogP contribution in [-0.2, 0) is 9.53 Å². The number of pyridine rings is 1. The molecule has 0 saturated heterocycles. The highest BCUT2D eigenvalue weighted by atomic mass is 16.5. The number of carbonyl (C=O) groups excluding carboxylic acids is 2. The number of hydrogen-bond donors (Lipinski definition) is 1. The molecule has 2 aliphatic carbocycles. The number of methoxy groups -OCH3 is 1. The molecule has 1 aromatic heterocycles. The maximum absolute atomic E-state index is 12.9. The lowest BCUT2D eigenvalue weighted by molar-refractivity contribution is -0.125. The molecule has 2 fully saturated rings. The topological polar surface area (TPSA) is 77.5 Å². The Morgan fingerprint density at radius 3 is 2.49 bits per heavy atom. The highest BCUT2D eigenvalue weighted by molar-refractivity contribution is 5.89. The Morgan fingerprint density at radius 2 is 1.80 bits per heavy atom. The first-order chi connectivity index (χ1) is 17.0. The minimum absolute atomic E-state index is 0.00297. The van der Waals surface area contributed by atoms with E-state index in [0.717, 1.165) is 43.8 Å². The third kappa shape index (κ3) is 6.83. The summed E-state index contributed by atoms with van der Waals surface area (Å²) in [5, 5.41) is 3.14. The Balaban J connectivity index is 1.22. The van der Waals surface area contributed by atoms with Crippen LogP contribution in [0.3, 0.4) is 0 Å². The largest absolute Gasteiger partial charge is 0.478 e. The zero-order valence-electron chi connectivity index (χ0n) is 21.0. The van der Waals surface area contributed by atoms with Gasteiger partial charge >= 0.3 is 5.97 Å². The molecule has 2 aromatic rings. The number of rotatable bonds is 9. The van der Waals surface area contributed by atoms with Crippen molar-refractivity contribution in [1.29, 1.82) is 0 Å². The molecule has 4 rings (SSSR count). The van der Waals surface area contributed by atoms with Gasteiger partial charge in [0.15, 0.2) is 0 Å². The summed E-state index contributed by atoms with van der Waals surface area (Å²) in [6.45, 7) is 2.71. The normalized spacial score (nSPS) is 21.3. The van der Waals surface area contributed by atoms with Gasteiger partial charge in [0, 0.05) is 18.2 Å². The second-order valence-electron chi connectivity index (χ2n) is 10.1. The van der Waals surface area contributed by atoms with Crippen LogP contribution in [0.5, 0.6) is 5.88 Å². The molecule has 3 unspecified atom stereocenters. The van der Waals surface area contributed by atoms with Crippen LogP contribution in [0.1, 0.15) is 98.2 Å². The summed E-state index contributed by atoms with van der Waals surface area (Å²) in [6, 6.07) is 11.1.